The Hall–Kier alpha value is -5.26. The van der Waals surface area contributed by atoms with Gasteiger partial charge in [-0.15, -0.1) is 0 Å². The van der Waals surface area contributed by atoms with E-state index in [9.17, 15) is 9.59 Å². The molecule has 190 valence electrons. The third-order valence-electron chi connectivity index (χ3n) is 6.03. The Morgan fingerprint density at radius 2 is 1.26 bits per heavy atom. The Morgan fingerprint density at radius 1 is 0.769 bits per heavy atom. The van der Waals surface area contributed by atoms with Gasteiger partial charge in [0, 0.05) is 16.6 Å². The van der Waals surface area contributed by atoms with Crippen LogP contribution in [0.2, 0.25) is 0 Å². The minimum atomic E-state index is -0.270. The smallest absolute Gasteiger partial charge is 0.219 e. The van der Waals surface area contributed by atoms with Gasteiger partial charge >= 0.3 is 0 Å². The van der Waals surface area contributed by atoms with Gasteiger partial charge in [0.05, 0.1) is 21.9 Å². The molecule has 0 fully saturated rings. The number of hydrogen-bond donors (Lipinski definition) is 2. The van der Waals surface area contributed by atoms with Crippen LogP contribution < -0.4 is 22.3 Å². The van der Waals surface area contributed by atoms with Gasteiger partial charge in [0.25, 0.3) is 0 Å². The Balaban J connectivity index is 0.000000158. The average Bonchev–Trinajstić information content (AvgIpc) is 2.94. The molecule has 0 saturated carbocycles. The molecule has 2 aromatic carbocycles. The van der Waals surface area contributed by atoms with E-state index in [2.05, 4.69) is 25.9 Å². The minimum Gasteiger partial charge on any atom is -0.454 e. The van der Waals surface area contributed by atoms with Gasteiger partial charge in [-0.1, -0.05) is 28.9 Å². The number of nitrogens with zero attached hydrogens (tertiary/aromatic N) is 4. The van der Waals surface area contributed by atoms with Gasteiger partial charge in [-0.05, 0) is 42.3 Å². The molecule has 6 aromatic rings. The Morgan fingerprint density at radius 3 is 1.74 bits per heavy atom. The number of aromatic nitrogens is 2. The van der Waals surface area contributed by atoms with Gasteiger partial charge in [-0.25, -0.2) is 9.97 Å². The first-order valence-corrected chi connectivity index (χ1v) is 12.3. The van der Waals surface area contributed by atoms with Gasteiger partial charge < -0.3 is 20.3 Å². The molecule has 0 radical (unpaired) electrons. The molecular formula is C28H17BrN6O4. The fourth-order valence-corrected chi connectivity index (χ4v) is 4.36. The predicted octanol–water partition coefficient (Wildman–Crippen LogP) is 4.92. The number of hydrogen-bond acceptors (Lipinski definition) is 10. The molecule has 0 atom stereocenters. The number of pyridine rings is 2. The number of anilines is 2. The van der Waals surface area contributed by atoms with E-state index >= 15 is 0 Å². The zero-order chi connectivity index (χ0) is 27.8. The Kier molecular flexibility index (Phi) is 6.44. The van der Waals surface area contributed by atoms with E-state index in [4.69, 9.17) is 30.8 Å². The molecule has 0 aliphatic rings. The fourth-order valence-electron chi connectivity index (χ4n) is 4.00. The number of benzene rings is 2. The van der Waals surface area contributed by atoms with Crippen LogP contribution in [0.25, 0.3) is 44.1 Å². The highest BCUT2D eigenvalue weighted by molar-refractivity contribution is 9.10. The maximum absolute atomic E-state index is 12.4. The van der Waals surface area contributed by atoms with Crippen molar-refractivity contribution in [3.63, 3.8) is 0 Å². The molecule has 0 spiro atoms. The molecule has 4 N–H and O–H groups in total. The number of nitrogens with two attached hydrogens (primary N) is 2. The zero-order valence-corrected chi connectivity index (χ0v) is 21.9. The van der Waals surface area contributed by atoms with E-state index in [0.717, 1.165) is 16.5 Å². The summed E-state index contributed by atoms with van der Waals surface area (Å²) < 4.78 is 12.0. The summed E-state index contributed by atoms with van der Waals surface area (Å²) in [6.07, 6.45) is 0.830. The lowest BCUT2D eigenvalue weighted by Gasteiger charge is -2.04. The summed E-state index contributed by atoms with van der Waals surface area (Å²) in [4.78, 5) is 32.7. The van der Waals surface area contributed by atoms with Gasteiger partial charge in [0.15, 0.2) is 22.2 Å². The van der Waals surface area contributed by atoms with Crippen molar-refractivity contribution in [2.75, 3.05) is 11.5 Å². The number of rotatable bonds is 1. The largest absolute Gasteiger partial charge is 0.454 e. The maximum Gasteiger partial charge on any atom is 0.219 e. The van der Waals surface area contributed by atoms with E-state index in [0.29, 0.717) is 21.9 Å². The molecule has 11 heteroatoms. The number of aryl methyl sites for hydroxylation is 1. The molecule has 10 nitrogen and oxygen atoms in total. The lowest BCUT2D eigenvalue weighted by Crippen LogP contribution is -2.07. The third-order valence-corrected chi connectivity index (χ3v) is 6.52. The van der Waals surface area contributed by atoms with E-state index in [1.54, 1.807) is 30.3 Å². The van der Waals surface area contributed by atoms with Crippen LogP contribution in [-0.2, 0) is 6.42 Å². The van der Waals surface area contributed by atoms with Crippen molar-refractivity contribution in [2.45, 2.75) is 13.3 Å². The first kappa shape index (κ1) is 25.4. The quantitative estimate of drug-likeness (QED) is 0.253. The number of nitriles is 2. The van der Waals surface area contributed by atoms with Crippen molar-refractivity contribution in [2.24, 2.45) is 0 Å². The molecule has 0 saturated heterocycles. The van der Waals surface area contributed by atoms with Crippen LogP contribution in [-0.4, -0.2) is 9.97 Å². The van der Waals surface area contributed by atoms with E-state index in [1.165, 1.54) is 12.1 Å². The van der Waals surface area contributed by atoms with Crippen molar-refractivity contribution in [1.82, 2.24) is 9.97 Å². The first-order valence-electron chi connectivity index (χ1n) is 11.5. The molecule has 39 heavy (non-hydrogen) atoms. The normalized spacial score (nSPS) is 10.8. The number of halogens is 1. The molecule has 0 unspecified atom stereocenters. The second-order valence-corrected chi connectivity index (χ2v) is 9.36. The van der Waals surface area contributed by atoms with Crippen LogP contribution in [0, 0.1) is 22.7 Å². The van der Waals surface area contributed by atoms with Crippen molar-refractivity contribution >= 4 is 71.7 Å². The van der Waals surface area contributed by atoms with Gasteiger partial charge in [-0.2, -0.15) is 10.5 Å². The molecule has 0 bridgehead atoms. The maximum atomic E-state index is 12.4. The summed E-state index contributed by atoms with van der Waals surface area (Å²) in [5.74, 6) is 0.0648. The lowest BCUT2D eigenvalue weighted by atomic mass is 10.1. The van der Waals surface area contributed by atoms with Crippen molar-refractivity contribution in [3.05, 3.63) is 90.1 Å². The number of nitrogen functional groups attached to an aromatic ring is 2. The van der Waals surface area contributed by atoms with Crippen molar-refractivity contribution in [1.29, 1.82) is 10.5 Å². The zero-order valence-electron chi connectivity index (χ0n) is 20.3. The molecule has 4 heterocycles. The summed E-state index contributed by atoms with van der Waals surface area (Å²) in [6.45, 7) is 2.01. The average molecular weight is 581 g/mol. The molecule has 6 rings (SSSR count). The summed E-state index contributed by atoms with van der Waals surface area (Å²) in [6, 6.07) is 17.3. The molecule has 4 aromatic heterocycles. The van der Waals surface area contributed by atoms with Crippen molar-refractivity contribution in [3.8, 4) is 12.1 Å². The highest BCUT2D eigenvalue weighted by Gasteiger charge is 2.14. The molecular weight excluding hydrogens is 564 g/mol. The van der Waals surface area contributed by atoms with Crippen LogP contribution >= 0.6 is 15.9 Å². The van der Waals surface area contributed by atoms with E-state index in [-0.39, 0.29) is 55.8 Å². The SMILES string of the molecule is CCc1ccc2oc3cc(C#N)c(N)nc3c(=O)c2c1.N#Cc1cc2oc3ccc(Br)cc3c(=O)c2nc1N. The van der Waals surface area contributed by atoms with Crippen LogP contribution in [0.1, 0.15) is 23.6 Å². The van der Waals surface area contributed by atoms with Crippen molar-refractivity contribution < 1.29 is 8.83 Å². The number of fused-ring (bicyclic) bond motifs is 4. The molecule has 0 aliphatic carbocycles. The molecule has 0 aliphatic heterocycles. The second-order valence-electron chi connectivity index (χ2n) is 8.45. The molecule has 0 amide bonds. The monoisotopic (exact) mass is 580 g/mol. The third kappa shape index (κ3) is 4.52. The highest BCUT2D eigenvalue weighted by Crippen LogP contribution is 2.24. The van der Waals surface area contributed by atoms with E-state index < -0.39 is 0 Å². The van der Waals surface area contributed by atoms with Crippen LogP contribution in [0.3, 0.4) is 0 Å². The lowest BCUT2D eigenvalue weighted by molar-refractivity contribution is 0.657. The predicted molar refractivity (Wildman–Crippen MR) is 151 cm³/mol. The standard InChI is InChI=1S/C15H11N3O2.C13H6BrN3O2/c1-2-8-3-4-11-10(5-8)14(19)13-12(20-11)6-9(7-16)15(17)18-13;14-7-1-2-9-8(4-7)12(18)11-10(19-9)3-6(5-15)13(16)17-11/h3-6H,2H2,1H3,(H2,17,18);1-4H,(H2,16,17). The van der Waals surface area contributed by atoms with E-state index in [1.807, 2.05) is 25.1 Å². The summed E-state index contributed by atoms with van der Waals surface area (Å²) in [5, 5.41) is 18.7. The van der Waals surface area contributed by atoms with Crippen LogP contribution in [0.4, 0.5) is 11.6 Å². The topological polar surface area (TPSA) is 186 Å². The van der Waals surface area contributed by atoms with Crippen LogP contribution in [0.15, 0.2) is 71.4 Å². The first-order chi connectivity index (χ1) is 18.7. The summed E-state index contributed by atoms with van der Waals surface area (Å²) in [7, 11) is 0. The highest BCUT2D eigenvalue weighted by atomic mass is 79.9. The van der Waals surface area contributed by atoms with Gasteiger partial charge in [0.2, 0.25) is 10.9 Å². The van der Waals surface area contributed by atoms with Crippen LogP contribution in [0.5, 0.6) is 0 Å². The second kappa shape index (κ2) is 9.89. The fraction of sp³-hybridized carbons (Fsp3) is 0.0714. The summed E-state index contributed by atoms with van der Waals surface area (Å²) >= 11 is 3.30. The Labute approximate surface area is 227 Å². The van der Waals surface area contributed by atoms with Gasteiger partial charge in [-0.3, -0.25) is 9.59 Å². The summed E-state index contributed by atoms with van der Waals surface area (Å²) in [5.41, 5.74) is 13.9. The minimum absolute atomic E-state index is 0.0247. The van der Waals surface area contributed by atoms with Gasteiger partial charge in [0.1, 0.15) is 34.9 Å². The Bertz CT molecular complexity index is 2170.